The molecule has 0 unspecified atom stereocenters. The molecule has 1 aromatic rings. The first kappa shape index (κ1) is 9.58. The molecule has 0 fully saturated rings. The summed E-state index contributed by atoms with van der Waals surface area (Å²) >= 11 is 0. The molecule has 70 valence electrons. The van der Waals surface area contributed by atoms with Crippen LogP contribution in [0.4, 0.5) is 5.82 Å². The average Bonchev–Trinajstić information content (AvgIpc) is 2.51. The second kappa shape index (κ2) is 4.50. The normalized spacial score (nSPS) is 9.62. The van der Waals surface area contributed by atoms with Crippen molar-refractivity contribution < 1.29 is 0 Å². The average molecular weight is 177 g/mol. The van der Waals surface area contributed by atoms with Gasteiger partial charge in [-0.05, 0) is 6.92 Å². The molecule has 1 heterocycles. The molecule has 1 N–H and O–H groups in total. The highest BCUT2D eigenvalue weighted by molar-refractivity contribution is 5.40. The van der Waals surface area contributed by atoms with Gasteiger partial charge in [-0.2, -0.15) is 5.10 Å². The molecule has 3 nitrogen and oxygen atoms in total. The summed E-state index contributed by atoms with van der Waals surface area (Å²) in [5.41, 5.74) is 1.06. The Bertz CT molecular complexity index is 278. The highest BCUT2D eigenvalue weighted by Gasteiger charge is 2.05. The lowest BCUT2D eigenvalue weighted by Crippen LogP contribution is -2.23. The molecule has 0 saturated carbocycles. The first-order valence-corrected chi connectivity index (χ1v) is 4.26. The Labute approximate surface area is 78.8 Å². The van der Waals surface area contributed by atoms with Crippen molar-refractivity contribution in [2.24, 2.45) is 0 Å². The van der Waals surface area contributed by atoms with Crippen LogP contribution in [0.2, 0.25) is 0 Å². The fraction of sp³-hybridized carbons (Fsp3) is 0.300. The smallest absolute Gasteiger partial charge is 0.151 e. The number of aromatic amines is 1. The summed E-state index contributed by atoms with van der Waals surface area (Å²) in [6.07, 6.45) is 3.71. The van der Waals surface area contributed by atoms with Gasteiger partial charge >= 0.3 is 0 Å². The Morgan fingerprint density at radius 3 is 2.46 bits per heavy atom. The molecule has 0 aliphatic carbocycles. The van der Waals surface area contributed by atoms with Crippen molar-refractivity contribution in [2.45, 2.75) is 6.92 Å². The van der Waals surface area contributed by atoms with Crippen LogP contribution in [0.25, 0.3) is 0 Å². The molecule has 13 heavy (non-hydrogen) atoms. The minimum atomic E-state index is 0.788. The van der Waals surface area contributed by atoms with Crippen LogP contribution in [0.15, 0.2) is 31.4 Å². The van der Waals surface area contributed by atoms with Crippen molar-refractivity contribution >= 4 is 5.82 Å². The molecule has 0 atom stereocenters. The van der Waals surface area contributed by atoms with Crippen LogP contribution in [-0.2, 0) is 0 Å². The van der Waals surface area contributed by atoms with E-state index in [-0.39, 0.29) is 0 Å². The molecule has 1 rings (SSSR count). The SMILES string of the molecule is C=CCN(CC=C)c1cc(C)[nH]n1. The monoisotopic (exact) mass is 177 g/mol. The standard InChI is InChI=1S/C10H15N3/c1-4-6-13(7-5-2)10-8-9(3)11-12-10/h4-5,8H,1-2,6-7H2,3H3,(H,11,12). The number of nitrogens with zero attached hydrogens (tertiary/aromatic N) is 2. The molecule has 1 aromatic heterocycles. The first-order valence-electron chi connectivity index (χ1n) is 4.26. The number of anilines is 1. The number of nitrogens with one attached hydrogen (secondary N) is 1. The maximum absolute atomic E-state index is 4.16. The van der Waals surface area contributed by atoms with Gasteiger partial charge in [0.2, 0.25) is 0 Å². The fourth-order valence-corrected chi connectivity index (χ4v) is 1.14. The Morgan fingerprint density at radius 2 is 2.08 bits per heavy atom. The molecular weight excluding hydrogens is 162 g/mol. The summed E-state index contributed by atoms with van der Waals surface area (Å²) in [7, 11) is 0. The van der Waals surface area contributed by atoms with Crippen molar-refractivity contribution in [1.29, 1.82) is 0 Å². The fourth-order valence-electron chi connectivity index (χ4n) is 1.14. The van der Waals surface area contributed by atoms with Crippen LogP contribution in [0.1, 0.15) is 5.69 Å². The molecule has 3 heteroatoms. The zero-order valence-corrected chi connectivity index (χ0v) is 7.95. The molecule has 0 bridgehead atoms. The van der Waals surface area contributed by atoms with E-state index in [1.807, 2.05) is 25.1 Å². The third kappa shape index (κ3) is 2.47. The lowest BCUT2D eigenvalue weighted by atomic mass is 10.4. The Kier molecular flexibility index (Phi) is 3.31. The molecule has 0 aliphatic rings. The third-order valence-corrected chi connectivity index (χ3v) is 1.72. The number of H-pyrrole nitrogens is 1. The number of hydrogen-bond acceptors (Lipinski definition) is 2. The number of hydrogen-bond donors (Lipinski definition) is 1. The van der Waals surface area contributed by atoms with Gasteiger partial charge in [-0.15, -0.1) is 13.2 Å². The molecular formula is C10H15N3. The van der Waals surface area contributed by atoms with Crippen LogP contribution in [0.3, 0.4) is 0 Å². The molecule has 0 amide bonds. The summed E-state index contributed by atoms with van der Waals surface area (Å²) < 4.78 is 0. The summed E-state index contributed by atoms with van der Waals surface area (Å²) in [6.45, 7) is 11.0. The van der Waals surface area contributed by atoms with Crippen LogP contribution >= 0.6 is 0 Å². The van der Waals surface area contributed by atoms with E-state index in [9.17, 15) is 0 Å². The van der Waals surface area contributed by atoms with Crippen LogP contribution in [-0.4, -0.2) is 23.3 Å². The minimum absolute atomic E-state index is 0.788. The maximum atomic E-state index is 4.16. The first-order chi connectivity index (χ1) is 6.27. The van der Waals surface area contributed by atoms with Gasteiger partial charge in [0, 0.05) is 24.8 Å². The number of rotatable bonds is 5. The summed E-state index contributed by atoms with van der Waals surface area (Å²) in [4.78, 5) is 2.09. The molecule has 0 spiro atoms. The highest BCUT2D eigenvalue weighted by atomic mass is 15.3. The van der Waals surface area contributed by atoms with Gasteiger partial charge in [-0.3, -0.25) is 5.10 Å². The molecule has 0 aromatic carbocycles. The van der Waals surface area contributed by atoms with Crippen LogP contribution in [0, 0.1) is 6.92 Å². The minimum Gasteiger partial charge on any atom is -0.348 e. The Hall–Kier alpha value is -1.51. The van der Waals surface area contributed by atoms with Gasteiger partial charge in [-0.25, -0.2) is 0 Å². The van der Waals surface area contributed by atoms with E-state index in [2.05, 4.69) is 28.3 Å². The van der Waals surface area contributed by atoms with E-state index in [1.54, 1.807) is 0 Å². The number of aromatic nitrogens is 2. The predicted molar refractivity (Wildman–Crippen MR) is 55.9 cm³/mol. The van der Waals surface area contributed by atoms with E-state index in [0.717, 1.165) is 24.6 Å². The van der Waals surface area contributed by atoms with Gasteiger partial charge in [0.25, 0.3) is 0 Å². The quantitative estimate of drug-likeness (QED) is 0.696. The van der Waals surface area contributed by atoms with E-state index in [1.165, 1.54) is 0 Å². The predicted octanol–water partition coefficient (Wildman–Crippen LogP) is 1.90. The second-order valence-electron chi connectivity index (χ2n) is 2.89. The van der Waals surface area contributed by atoms with Crippen molar-refractivity contribution in [3.05, 3.63) is 37.1 Å². The van der Waals surface area contributed by atoms with E-state index in [4.69, 9.17) is 0 Å². The summed E-state index contributed by atoms with van der Waals surface area (Å²) in [6, 6.07) is 2.01. The van der Waals surface area contributed by atoms with Crippen LogP contribution < -0.4 is 4.90 Å². The van der Waals surface area contributed by atoms with Gasteiger partial charge in [0.15, 0.2) is 5.82 Å². The van der Waals surface area contributed by atoms with E-state index >= 15 is 0 Å². The highest BCUT2D eigenvalue weighted by Crippen LogP contribution is 2.10. The largest absolute Gasteiger partial charge is 0.348 e. The number of aryl methyl sites for hydroxylation is 1. The van der Waals surface area contributed by atoms with Crippen LogP contribution in [0.5, 0.6) is 0 Å². The van der Waals surface area contributed by atoms with Crippen molar-refractivity contribution in [1.82, 2.24) is 10.2 Å². The second-order valence-corrected chi connectivity index (χ2v) is 2.89. The molecule has 0 saturated heterocycles. The van der Waals surface area contributed by atoms with Crippen molar-refractivity contribution in [3.63, 3.8) is 0 Å². The topological polar surface area (TPSA) is 31.9 Å². The van der Waals surface area contributed by atoms with Gasteiger partial charge < -0.3 is 4.90 Å². The molecule has 0 radical (unpaired) electrons. The summed E-state index contributed by atoms with van der Waals surface area (Å²) in [5.74, 6) is 0.942. The van der Waals surface area contributed by atoms with E-state index in [0.29, 0.717) is 0 Å². The van der Waals surface area contributed by atoms with E-state index < -0.39 is 0 Å². The lowest BCUT2D eigenvalue weighted by molar-refractivity contribution is 0.909. The zero-order chi connectivity index (χ0) is 9.68. The van der Waals surface area contributed by atoms with Gasteiger partial charge in [0.1, 0.15) is 0 Å². The van der Waals surface area contributed by atoms with Gasteiger partial charge in [0.05, 0.1) is 0 Å². The molecule has 0 aliphatic heterocycles. The zero-order valence-electron chi connectivity index (χ0n) is 7.95. The van der Waals surface area contributed by atoms with Crippen molar-refractivity contribution in [2.75, 3.05) is 18.0 Å². The van der Waals surface area contributed by atoms with Crippen molar-refractivity contribution in [3.8, 4) is 0 Å². The Morgan fingerprint density at radius 1 is 1.46 bits per heavy atom. The third-order valence-electron chi connectivity index (χ3n) is 1.72. The summed E-state index contributed by atoms with van der Waals surface area (Å²) in [5, 5.41) is 7.06. The Balaban J connectivity index is 2.74. The maximum Gasteiger partial charge on any atom is 0.151 e. The van der Waals surface area contributed by atoms with Gasteiger partial charge in [-0.1, -0.05) is 12.2 Å². The lowest BCUT2D eigenvalue weighted by Gasteiger charge is -2.17.